The topological polar surface area (TPSA) is 50.8 Å². The minimum absolute atomic E-state index is 0.0248. The molecule has 0 radical (unpaired) electrons. The van der Waals surface area contributed by atoms with E-state index in [0.717, 1.165) is 13.0 Å². The van der Waals surface area contributed by atoms with Crippen LogP contribution in [-0.2, 0) is 0 Å². The number of nitrogens with zero attached hydrogens (tertiary/aromatic N) is 1. The van der Waals surface area contributed by atoms with Crippen molar-refractivity contribution < 1.29 is 14.3 Å². The molecule has 1 unspecified atom stereocenters. The molecule has 0 aliphatic carbocycles. The molecular formula is C17H25ClN2O3. The highest BCUT2D eigenvalue weighted by Crippen LogP contribution is 2.37. The fourth-order valence-corrected chi connectivity index (χ4v) is 2.86. The van der Waals surface area contributed by atoms with Crippen molar-refractivity contribution in [3.63, 3.8) is 0 Å². The summed E-state index contributed by atoms with van der Waals surface area (Å²) in [7, 11) is 0. The smallest absolute Gasteiger partial charge is 0.254 e. The van der Waals surface area contributed by atoms with Crippen molar-refractivity contribution in [3.05, 3.63) is 22.7 Å². The number of amides is 1. The van der Waals surface area contributed by atoms with Crippen LogP contribution in [0.1, 0.15) is 37.6 Å². The number of hydrogen-bond acceptors (Lipinski definition) is 4. The zero-order valence-electron chi connectivity index (χ0n) is 14.0. The number of piperazine rings is 1. The van der Waals surface area contributed by atoms with Crippen LogP contribution in [0, 0.1) is 0 Å². The van der Waals surface area contributed by atoms with E-state index in [1.54, 1.807) is 12.1 Å². The molecule has 0 spiro atoms. The van der Waals surface area contributed by atoms with Gasteiger partial charge < -0.3 is 19.7 Å². The van der Waals surface area contributed by atoms with Crippen LogP contribution in [-0.4, -0.2) is 49.7 Å². The Morgan fingerprint density at radius 3 is 2.83 bits per heavy atom. The van der Waals surface area contributed by atoms with E-state index in [2.05, 4.69) is 12.2 Å². The fourth-order valence-electron chi connectivity index (χ4n) is 2.60. The standard InChI is InChI=1S/C17H25ClN2O3/c1-4-8-23-16-14(18)9-13(10-15(16)22-5-2)17(21)20-7-6-19-12(3)11-20/h9-10,12,19H,4-8,11H2,1-3H3. The normalized spacial score (nSPS) is 17.9. The molecule has 1 saturated heterocycles. The predicted octanol–water partition coefficient (Wildman–Crippen LogP) is 2.96. The Labute approximate surface area is 142 Å². The van der Waals surface area contributed by atoms with Gasteiger partial charge in [-0.05, 0) is 32.4 Å². The van der Waals surface area contributed by atoms with Crippen LogP contribution >= 0.6 is 11.6 Å². The second kappa shape index (κ2) is 8.41. The van der Waals surface area contributed by atoms with Gasteiger partial charge in [-0.15, -0.1) is 0 Å². The SMILES string of the molecule is CCCOc1c(Cl)cc(C(=O)N2CCNC(C)C2)cc1OCC. The summed E-state index contributed by atoms with van der Waals surface area (Å²) in [6, 6.07) is 3.70. The van der Waals surface area contributed by atoms with E-state index in [-0.39, 0.29) is 5.91 Å². The number of hydrogen-bond donors (Lipinski definition) is 1. The zero-order chi connectivity index (χ0) is 16.8. The first-order valence-corrected chi connectivity index (χ1v) is 8.56. The van der Waals surface area contributed by atoms with E-state index in [4.69, 9.17) is 21.1 Å². The summed E-state index contributed by atoms with van der Waals surface area (Å²) in [4.78, 5) is 14.6. The van der Waals surface area contributed by atoms with Gasteiger partial charge in [-0.2, -0.15) is 0 Å². The molecule has 1 atom stereocenters. The van der Waals surface area contributed by atoms with Gasteiger partial charge in [0, 0.05) is 31.2 Å². The van der Waals surface area contributed by atoms with Crippen molar-refractivity contribution in [2.24, 2.45) is 0 Å². The molecule has 0 bridgehead atoms. The fraction of sp³-hybridized carbons (Fsp3) is 0.588. The van der Waals surface area contributed by atoms with Crippen LogP contribution in [0.5, 0.6) is 11.5 Å². The summed E-state index contributed by atoms with van der Waals surface area (Å²) < 4.78 is 11.3. The van der Waals surface area contributed by atoms with Crippen LogP contribution < -0.4 is 14.8 Å². The number of ether oxygens (including phenoxy) is 2. The maximum Gasteiger partial charge on any atom is 0.254 e. The van der Waals surface area contributed by atoms with Gasteiger partial charge in [-0.3, -0.25) is 4.79 Å². The first-order chi connectivity index (χ1) is 11.1. The molecular weight excluding hydrogens is 316 g/mol. The number of nitrogens with one attached hydrogen (secondary N) is 1. The summed E-state index contributed by atoms with van der Waals surface area (Å²) in [6.45, 7) is 9.22. The Hall–Kier alpha value is -1.46. The third-order valence-electron chi connectivity index (χ3n) is 3.66. The van der Waals surface area contributed by atoms with Crippen LogP contribution in [0.15, 0.2) is 12.1 Å². The number of rotatable bonds is 6. The number of carbonyl (C=O) groups excluding carboxylic acids is 1. The first-order valence-electron chi connectivity index (χ1n) is 8.18. The van der Waals surface area contributed by atoms with E-state index >= 15 is 0 Å². The van der Waals surface area contributed by atoms with E-state index in [1.807, 2.05) is 18.7 Å². The first kappa shape index (κ1) is 17.9. The Balaban J connectivity index is 2.26. The maximum absolute atomic E-state index is 12.7. The minimum atomic E-state index is -0.0248. The number of halogens is 1. The summed E-state index contributed by atoms with van der Waals surface area (Å²) >= 11 is 6.33. The second-order valence-corrected chi connectivity index (χ2v) is 6.08. The highest BCUT2D eigenvalue weighted by atomic mass is 35.5. The van der Waals surface area contributed by atoms with E-state index in [1.165, 1.54) is 0 Å². The van der Waals surface area contributed by atoms with Gasteiger partial charge in [0.15, 0.2) is 11.5 Å². The van der Waals surface area contributed by atoms with Gasteiger partial charge in [0.2, 0.25) is 0 Å². The van der Waals surface area contributed by atoms with Crippen LogP contribution in [0.2, 0.25) is 5.02 Å². The molecule has 2 rings (SSSR count). The second-order valence-electron chi connectivity index (χ2n) is 5.67. The molecule has 1 fully saturated rings. The lowest BCUT2D eigenvalue weighted by Gasteiger charge is -2.32. The van der Waals surface area contributed by atoms with Gasteiger partial charge in [-0.1, -0.05) is 18.5 Å². The molecule has 23 heavy (non-hydrogen) atoms. The molecule has 128 valence electrons. The van der Waals surface area contributed by atoms with Crippen molar-refractivity contribution in [1.82, 2.24) is 10.2 Å². The zero-order valence-corrected chi connectivity index (χ0v) is 14.8. The van der Waals surface area contributed by atoms with Crippen molar-refractivity contribution in [2.75, 3.05) is 32.8 Å². The summed E-state index contributed by atoms with van der Waals surface area (Å²) in [5.74, 6) is 1.02. The average Bonchev–Trinajstić information content (AvgIpc) is 2.53. The lowest BCUT2D eigenvalue weighted by Crippen LogP contribution is -2.51. The Bertz CT molecular complexity index is 551. The van der Waals surface area contributed by atoms with Gasteiger partial charge in [0.05, 0.1) is 18.2 Å². The molecule has 1 heterocycles. The largest absolute Gasteiger partial charge is 0.490 e. The van der Waals surface area contributed by atoms with E-state index in [0.29, 0.717) is 54.4 Å². The summed E-state index contributed by atoms with van der Waals surface area (Å²) in [6.07, 6.45) is 0.876. The molecule has 1 amide bonds. The molecule has 1 N–H and O–H groups in total. The van der Waals surface area contributed by atoms with Crippen molar-refractivity contribution in [2.45, 2.75) is 33.2 Å². The molecule has 1 aliphatic heterocycles. The molecule has 1 aromatic rings. The molecule has 0 saturated carbocycles. The Morgan fingerprint density at radius 2 is 2.17 bits per heavy atom. The lowest BCUT2D eigenvalue weighted by atomic mass is 10.1. The Kier molecular flexibility index (Phi) is 6.54. The monoisotopic (exact) mass is 340 g/mol. The highest BCUT2D eigenvalue weighted by Gasteiger charge is 2.24. The van der Waals surface area contributed by atoms with Gasteiger partial charge in [0.25, 0.3) is 5.91 Å². The van der Waals surface area contributed by atoms with Crippen molar-refractivity contribution in [3.8, 4) is 11.5 Å². The molecule has 0 aromatic heterocycles. The quantitative estimate of drug-likeness (QED) is 0.865. The molecule has 5 nitrogen and oxygen atoms in total. The van der Waals surface area contributed by atoms with Crippen LogP contribution in [0.3, 0.4) is 0 Å². The molecule has 6 heteroatoms. The van der Waals surface area contributed by atoms with Gasteiger partial charge >= 0.3 is 0 Å². The summed E-state index contributed by atoms with van der Waals surface area (Å²) in [5.41, 5.74) is 0.538. The third-order valence-corrected chi connectivity index (χ3v) is 3.94. The predicted molar refractivity (Wildman–Crippen MR) is 91.8 cm³/mol. The lowest BCUT2D eigenvalue weighted by molar-refractivity contribution is 0.0708. The van der Waals surface area contributed by atoms with Crippen LogP contribution in [0.25, 0.3) is 0 Å². The molecule has 1 aliphatic rings. The van der Waals surface area contributed by atoms with E-state index < -0.39 is 0 Å². The van der Waals surface area contributed by atoms with E-state index in [9.17, 15) is 4.79 Å². The highest BCUT2D eigenvalue weighted by molar-refractivity contribution is 6.32. The Morgan fingerprint density at radius 1 is 1.39 bits per heavy atom. The molecule has 1 aromatic carbocycles. The van der Waals surface area contributed by atoms with Crippen molar-refractivity contribution in [1.29, 1.82) is 0 Å². The maximum atomic E-state index is 12.7. The third kappa shape index (κ3) is 4.52. The minimum Gasteiger partial charge on any atom is -0.490 e. The average molecular weight is 341 g/mol. The van der Waals surface area contributed by atoms with Crippen molar-refractivity contribution >= 4 is 17.5 Å². The van der Waals surface area contributed by atoms with Gasteiger partial charge in [0.1, 0.15) is 0 Å². The number of benzene rings is 1. The van der Waals surface area contributed by atoms with Gasteiger partial charge in [-0.25, -0.2) is 0 Å². The number of carbonyl (C=O) groups is 1. The van der Waals surface area contributed by atoms with Crippen LogP contribution in [0.4, 0.5) is 0 Å². The summed E-state index contributed by atoms with van der Waals surface area (Å²) in [5, 5.41) is 3.74.